The summed E-state index contributed by atoms with van der Waals surface area (Å²) in [5.74, 6) is -0.892. The van der Waals surface area contributed by atoms with Crippen LogP contribution in [0.3, 0.4) is 0 Å². The minimum Gasteiger partial charge on any atom is -0.504 e. The molecule has 0 atom stereocenters. The fourth-order valence-corrected chi connectivity index (χ4v) is 1.88. The molecule has 0 aliphatic heterocycles. The zero-order chi connectivity index (χ0) is 13.1. The van der Waals surface area contributed by atoms with Gasteiger partial charge in [0.2, 0.25) is 0 Å². The molecule has 2 rings (SSSR count). The van der Waals surface area contributed by atoms with E-state index in [1.165, 1.54) is 12.1 Å². The lowest BCUT2D eigenvalue weighted by molar-refractivity contribution is 0.0676. The number of hydrogen-bond donors (Lipinski definition) is 2. The highest BCUT2D eigenvalue weighted by molar-refractivity contribution is 5.98. The van der Waals surface area contributed by atoms with Crippen LogP contribution in [-0.4, -0.2) is 47.3 Å². The summed E-state index contributed by atoms with van der Waals surface area (Å²) in [4.78, 5) is 14.0. The predicted octanol–water partition coefficient (Wildman–Crippen LogP) is 1.35. The van der Waals surface area contributed by atoms with Gasteiger partial charge in [0.1, 0.15) is 0 Å². The molecular formula is C13H17NO4. The number of phenols is 2. The number of para-hydroxylation sites is 1. The third kappa shape index (κ3) is 2.56. The molecule has 2 N–H and O–H groups in total. The van der Waals surface area contributed by atoms with Gasteiger partial charge < -0.3 is 19.8 Å². The van der Waals surface area contributed by atoms with Gasteiger partial charge in [0, 0.05) is 19.7 Å². The Hall–Kier alpha value is -1.75. The third-order valence-electron chi connectivity index (χ3n) is 3.03. The highest BCUT2D eigenvalue weighted by Gasteiger charge is 2.33. The van der Waals surface area contributed by atoms with Crippen LogP contribution in [0.25, 0.3) is 0 Å². The van der Waals surface area contributed by atoms with Gasteiger partial charge in [-0.25, -0.2) is 0 Å². The third-order valence-corrected chi connectivity index (χ3v) is 3.03. The van der Waals surface area contributed by atoms with Gasteiger partial charge in [-0.1, -0.05) is 6.07 Å². The van der Waals surface area contributed by atoms with Gasteiger partial charge in [-0.05, 0) is 25.0 Å². The number of phenolic OH excluding ortho intramolecular Hbond substituents is 2. The zero-order valence-corrected chi connectivity index (χ0v) is 10.3. The van der Waals surface area contributed by atoms with Crippen LogP contribution in [0.4, 0.5) is 0 Å². The van der Waals surface area contributed by atoms with E-state index in [1.807, 2.05) is 0 Å². The molecule has 0 aromatic heterocycles. The maximum atomic E-state index is 12.3. The number of amides is 1. The predicted molar refractivity (Wildman–Crippen MR) is 65.7 cm³/mol. The molecule has 0 heterocycles. The minimum atomic E-state index is -0.356. The molecule has 0 saturated heterocycles. The lowest BCUT2D eigenvalue weighted by Crippen LogP contribution is -2.35. The van der Waals surface area contributed by atoms with E-state index in [0.717, 1.165) is 12.8 Å². The van der Waals surface area contributed by atoms with Crippen molar-refractivity contribution in [3.63, 3.8) is 0 Å². The van der Waals surface area contributed by atoms with Gasteiger partial charge in [0.15, 0.2) is 11.5 Å². The number of carbonyl (C=O) groups excluding carboxylic acids is 1. The van der Waals surface area contributed by atoms with E-state index in [4.69, 9.17) is 4.74 Å². The van der Waals surface area contributed by atoms with Crippen LogP contribution in [0.15, 0.2) is 18.2 Å². The van der Waals surface area contributed by atoms with Crippen LogP contribution in [0, 0.1) is 0 Å². The minimum absolute atomic E-state index is 0.137. The molecule has 1 aliphatic rings. The van der Waals surface area contributed by atoms with E-state index >= 15 is 0 Å². The molecule has 98 valence electrons. The molecule has 1 fully saturated rings. The average Bonchev–Trinajstić information content (AvgIpc) is 3.17. The number of ether oxygens (including phenoxy) is 1. The number of aromatic hydroxyl groups is 2. The van der Waals surface area contributed by atoms with Crippen LogP contribution < -0.4 is 0 Å². The molecule has 0 bridgehead atoms. The zero-order valence-electron chi connectivity index (χ0n) is 10.3. The highest BCUT2D eigenvalue weighted by atomic mass is 16.5. The summed E-state index contributed by atoms with van der Waals surface area (Å²) in [6.07, 6.45) is 1.96. The largest absolute Gasteiger partial charge is 0.504 e. The summed E-state index contributed by atoms with van der Waals surface area (Å²) >= 11 is 0. The second kappa shape index (κ2) is 5.27. The lowest BCUT2D eigenvalue weighted by atomic mass is 10.1. The van der Waals surface area contributed by atoms with Crippen molar-refractivity contribution in [2.45, 2.75) is 18.9 Å². The Labute approximate surface area is 106 Å². The van der Waals surface area contributed by atoms with Crippen molar-refractivity contribution >= 4 is 5.91 Å². The molecule has 1 aliphatic carbocycles. The Morgan fingerprint density at radius 1 is 1.44 bits per heavy atom. The first-order valence-electron chi connectivity index (χ1n) is 5.96. The molecule has 18 heavy (non-hydrogen) atoms. The molecule has 1 aromatic rings. The first-order chi connectivity index (χ1) is 8.65. The first-order valence-corrected chi connectivity index (χ1v) is 5.96. The number of rotatable bonds is 5. The quantitative estimate of drug-likeness (QED) is 0.775. The summed E-state index contributed by atoms with van der Waals surface area (Å²) < 4.78 is 4.98. The SMILES string of the molecule is COCCN(C(=O)c1cccc(O)c1O)C1CC1. The molecule has 1 saturated carbocycles. The lowest BCUT2D eigenvalue weighted by Gasteiger charge is -2.22. The second-order valence-corrected chi connectivity index (χ2v) is 4.40. The van der Waals surface area contributed by atoms with Gasteiger partial charge in [-0.3, -0.25) is 4.79 Å². The van der Waals surface area contributed by atoms with E-state index in [0.29, 0.717) is 13.2 Å². The fourth-order valence-electron chi connectivity index (χ4n) is 1.88. The van der Waals surface area contributed by atoms with Crippen LogP contribution >= 0.6 is 0 Å². The Bertz CT molecular complexity index is 443. The van der Waals surface area contributed by atoms with Gasteiger partial charge in [-0.15, -0.1) is 0 Å². The van der Waals surface area contributed by atoms with E-state index in [2.05, 4.69) is 0 Å². The summed E-state index contributed by atoms with van der Waals surface area (Å²) in [5, 5.41) is 19.1. The van der Waals surface area contributed by atoms with Crippen molar-refractivity contribution in [2.75, 3.05) is 20.3 Å². The van der Waals surface area contributed by atoms with Crippen LogP contribution in [0.2, 0.25) is 0 Å². The first kappa shape index (κ1) is 12.7. The smallest absolute Gasteiger partial charge is 0.258 e. The molecule has 5 nitrogen and oxygen atoms in total. The number of nitrogens with zero attached hydrogens (tertiary/aromatic N) is 1. The van der Waals surface area contributed by atoms with Crippen LogP contribution in [0.5, 0.6) is 11.5 Å². The van der Waals surface area contributed by atoms with Crippen molar-refractivity contribution in [2.24, 2.45) is 0 Å². The average molecular weight is 251 g/mol. The highest BCUT2D eigenvalue weighted by Crippen LogP contribution is 2.33. The maximum absolute atomic E-state index is 12.3. The van der Waals surface area contributed by atoms with Crippen molar-refractivity contribution < 1.29 is 19.7 Å². The molecule has 0 spiro atoms. The number of methoxy groups -OCH3 is 1. The molecule has 0 radical (unpaired) electrons. The summed E-state index contributed by atoms with van der Waals surface area (Å²) in [7, 11) is 1.58. The monoisotopic (exact) mass is 251 g/mol. The van der Waals surface area contributed by atoms with Gasteiger partial charge in [0.25, 0.3) is 5.91 Å². The van der Waals surface area contributed by atoms with E-state index < -0.39 is 0 Å². The summed E-state index contributed by atoms with van der Waals surface area (Å²) in [6.45, 7) is 0.955. The fraction of sp³-hybridized carbons (Fsp3) is 0.462. The van der Waals surface area contributed by atoms with E-state index in [-0.39, 0.29) is 29.0 Å². The van der Waals surface area contributed by atoms with Crippen LogP contribution in [0.1, 0.15) is 23.2 Å². The topological polar surface area (TPSA) is 70.0 Å². The van der Waals surface area contributed by atoms with Crippen molar-refractivity contribution in [1.82, 2.24) is 4.90 Å². The van der Waals surface area contributed by atoms with Gasteiger partial charge >= 0.3 is 0 Å². The number of benzene rings is 1. The van der Waals surface area contributed by atoms with Gasteiger partial charge in [-0.2, -0.15) is 0 Å². The van der Waals surface area contributed by atoms with Gasteiger partial charge in [0.05, 0.1) is 12.2 Å². The molecule has 1 amide bonds. The number of hydrogen-bond acceptors (Lipinski definition) is 4. The maximum Gasteiger partial charge on any atom is 0.258 e. The Morgan fingerprint density at radius 2 is 2.17 bits per heavy atom. The summed E-state index contributed by atoms with van der Waals surface area (Å²) in [6, 6.07) is 4.64. The summed E-state index contributed by atoms with van der Waals surface area (Å²) in [5.41, 5.74) is 0.137. The molecule has 5 heteroatoms. The standard InChI is InChI=1S/C13H17NO4/c1-18-8-7-14(9-5-6-9)13(17)10-3-2-4-11(15)12(10)16/h2-4,9,15-16H,5-8H2,1H3. The molecule has 1 aromatic carbocycles. The number of carbonyl (C=O) groups is 1. The Kier molecular flexibility index (Phi) is 3.72. The van der Waals surface area contributed by atoms with E-state index in [1.54, 1.807) is 18.1 Å². The molecule has 0 unspecified atom stereocenters. The van der Waals surface area contributed by atoms with E-state index in [9.17, 15) is 15.0 Å². The Morgan fingerprint density at radius 3 is 2.78 bits per heavy atom. The Balaban J connectivity index is 2.19. The second-order valence-electron chi connectivity index (χ2n) is 4.40. The van der Waals surface area contributed by atoms with Crippen molar-refractivity contribution in [3.8, 4) is 11.5 Å². The molecular weight excluding hydrogens is 234 g/mol. The van der Waals surface area contributed by atoms with Crippen molar-refractivity contribution in [1.29, 1.82) is 0 Å². The van der Waals surface area contributed by atoms with Crippen molar-refractivity contribution in [3.05, 3.63) is 23.8 Å². The van der Waals surface area contributed by atoms with Crippen LogP contribution in [-0.2, 0) is 4.74 Å². The normalized spacial score (nSPS) is 14.5.